The molecule has 1 atom stereocenters. The van der Waals surface area contributed by atoms with Gasteiger partial charge in [-0.15, -0.1) is 0 Å². The van der Waals surface area contributed by atoms with Crippen molar-refractivity contribution in [2.45, 2.75) is 60.3 Å². The summed E-state index contributed by atoms with van der Waals surface area (Å²) in [5.41, 5.74) is 0. The number of ketones is 1. The van der Waals surface area contributed by atoms with Crippen LogP contribution >= 0.6 is 0 Å². The van der Waals surface area contributed by atoms with E-state index in [9.17, 15) is 4.79 Å². The zero-order valence-corrected chi connectivity index (χ0v) is 10.5. The Morgan fingerprint density at radius 3 is 2.07 bits per heavy atom. The summed E-state index contributed by atoms with van der Waals surface area (Å²) >= 11 is 0. The molecule has 1 heteroatoms. The molecule has 0 aromatic heterocycles. The molecule has 0 aromatic rings. The van der Waals surface area contributed by atoms with Gasteiger partial charge in [0.15, 0.2) is 0 Å². The summed E-state index contributed by atoms with van der Waals surface area (Å²) in [5, 5.41) is 0. The first-order valence-corrected chi connectivity index (χ1v) is 5.95. The quantitative estimate of drug-likeness (QED) is 0.603. The second-order valence-electron chi connectivity index (χ2n) is 5.25. The van der Waals surface area contributed by atoms with E-state index < -0.39 is 0 Å². The molecule has 0 saturated heterocycles. The average molecular weight is 198 g/mol. The second kappa shape index (κ2) is 7.03. The standard InChI is InChI=1S/C13H26O/c1-10(2)9-13(14)8-6-7-12(5)11(3)4/h10-12H,6-9H2,1-5H3/t12-/m1/s1. The van der Waals surface area contributed by atoms with Crippen LogP contribution in [0.1, 0.15) is 60.3 Å². The van der Waals surface area contributed by atoms with E-state index in [1.165, 1.54) is 6.42 Å². The minimum Gasteiger partial charge on any atom is -0.300 e. The Morgan fingerprint density at radius 1 is 1.07 bits per heavy atom. The molecule has 0 aliphatic heterocycles. The van der Waals surface area contributed by atoms with Crippen molar-refractivity contribution in [1.29, 1.82) is 0 Å². The van der Waals surface area contributed by atoms with Gasteiger partial charge >= 0.3 is 0 Å². The molecule has 0 rings (SSSR count). The molecule has 0 aliphatic carbocycles. The summed E-state index contributed by atoms with van der Waals surface area (Å²) in [6.07, 6.45) is 3.82. The third kappa shape index (κ3) is 7.11. The van der Waals surface area contributed by atoms with Gasteiger partial charge in [-0.3, -0.25) is 4.79 Å². The molecule has 0 radical (unpaired) electrons. The number of hydrogen-bond acceptors (Lipinski definition) is 1. The Hall–Kier alpha value is -0.330. The Labute approximate surface area is 89.3 Å². The van der Waals surface area contributed by atoms with Gasteiger partial charge in [-0.2, -0.15) is 0 Å². The molecule has 84 valence electrons. The van der Waals surface area contributed by atoms with Crippen molar-refractivity contribution in [2.24, 2.45) is 17.8 Å². The molecule has 1 nitrogen and oxygen atoms in total. The number of rotatable bonds is 7. The second-order valence-corrected chi connectivity index (χ2v) is 5.25. The highest BCUT2D eigenvalue weighted by Gasteiger charge is 2.09. The van der Waals surface area contributed by atoms with Crippen LogP contribution in [0.5, 0.6) is 0 Å². The number of carbonyl (C=O) groups is 1. The fourth-order valence-corrected chi connectivity index (χ4v) is 1.51. The molecule has 0 amide bonds. The van der Waals surface area contributed by atoms with Crippen LogP contribution in [0.3, 0.4) is 0 Å². The van der Waals surface area contributed by atoms with Crippen LogP contribution in [0.15, 0.2) is 0 Å². The van der Waals surface area contributed by atoms with Gasteiger partial charge in [0.1, 0.15) is 5.78 Å². The average Bonchev–Trinajstić information content (AvgIpc) is 2.02. The largest absolute Gasteiger partial charge is 0.300 e. The van der Waals surface area contributed by atoms with Crippen LogP contribution < -0.4 is 0 Å². The Kier molecular flexibility index (Phi) is 6.86. The summed E-state index contributed by atoms with van der Waals surface area (Å²) in [6, 6.07) is 0. The SMILES string of the molecule is CC(C)CC(=O)CCC[C@@H](C)C(C)C. The Morgan fingerprint density at radius 2 is 1.64 bits per heavy atom. The third-order valence-electron chi connectivity index (χ3n) is 2.89. The van der Waals surface area contributed by atoms with Crippen LogP contribution in [0.25, 0.3) is 0 Å². The predicted octanol–water partition coefficient (Wildman–Crippen LogP) is 4.06. The Balaban J connectivity index is 3.49. The van der Waals surface area contributed by atoms with E-state index in [4.69, 9.17) is 0 Å². The monoisotopic (exact) mass is 198 g/mol. The van der Waals surface area contributed by atoms with Crippen molar-refractivity contribution in [3.8, 4) is 0 Å². The maximum atomic E-state index is 11.4. The molecular formula is C13H26O. The summed E-state index contributed by atoms with van der Waals surface area (Å²) in [4.78, 5) is 11.4. The lowest BCUT2D eigenvalue weighted by atomic mass is 9.91. The lowest BCUT2D eigenvalue weighted by Crippen LogP contribution is -2.06. The number of Topliss-reactive ketones (excluding diaryl/α,β-unsaturated/α-hetero) is 1. The van der Waals surface area contributed by atoms with E-state index in [0.717, 1.165) is 31.1 Å². The van der Waals surface area contributed by atoms with Crippen molar-refractivity contribution in [3.05, 3.63) is 0 Å². The molecular weight excluding hydrogens is 172 g/mol. The maximum Gasteiger partial charge on any atom is 0.133 e. The van der Waals surface area contributed by atoms with Crippen LogP contribution in [-0.2, 0) is 4.79 Å². The van der Waals surface area contributed by atoms with Crippen molar-refractivity contribution < 1.29 is 4.79 Å². The number of hydrogen-bond donors (Lipinski definition) is 0. The maximum absolute atomic E-state index is 11.4. The Bertz CT molecular complexity index is 159. The topological polar surface area (TPSA) is 17.1 Å². The fraction of sp³-hybridized carbons (Fsp3) is 0.923. The molecule has 14 heavy (non-hydrogen) atoms. The molecule has 0 saturated carbocycles. The molecule has 0 fully saturated rings. The van der Waals surface area contributed by atoms with Gasteiger partial charge in [-0.1, -0.05) is 41.0 Å². The van der Waals surface area contributed by atoms with Crippen LogP contribution in [-0.4, -0.2) is 5.78 Å². The van der Waals surface area contributed by atoms with Crippen molar-refractivity contribution >= 4 is 5.78 Å². The van der Waals surface area contributed by atoms with E-state index in [2.05, 4.69) is 34.6 Å². The molecule has 0 bridgehead atoms. The van der Waals surface area contributed by atoms with Gasteiger partial charge in [-0.05, 0) is 24.2 Å². The van der Waals surface area contributed by atoms with Gasteiger partial charge in [0.25, 0.3) is 0 Å². The highest BCUT2D eigenvalue weighted by Crippen LogP contribution is 2.17. The lowest BCUT2D eigenvalue weighted by Gasteiger charge is -2.14. The molecule has 0 N–H and O–H groups in total. The van der Waals surface area contributed by atoms with Gasteiger partial charge in [0.05, 0.1) is 0 Å². The van der Waals surface area contributed by atoms with Gasteiger partial charge < -0.3 is 0 Å². The van der Waals surface area contributed by atoms with Crippen LogP contribution in [0, 0.1) is 17.8 Å². The predicted molar refractivity (Wildman–Crippen MR) is 62.3 cm³/mol. The minimum absolute atomic E-state index is 0.441. The molecule has 0 aliphatic rings. The summed E-state index contributed by atoms with van der Waals surface area (Å²) < 4.78 is 0. The summed E-state index contributed by atoms with van der Waals surface area (Å²) in [6.45, 7) is 11.0. The first-order chi connectivity index (χ1) is 6.43. The van der Waals surface area contributed by atoms with Crippen LogP contribution in [0.4, 0.5) is 0 Å². The molecule has 0 aromatic carbocycles. The zero-order valence-electron chi connectivity index (χ0n) is 10.5. The van der Waals surface area contributed by atoms with E-state index in [1.807, 2.05) is 0 Å². The first-order valence-electron chi connectivity index (χ1n) is 5.95. The van der Waals surface area contributed by atoms with E-state index in [0.29, 0.717) is 11.7 Å². The smallest absolute Gasteiger partial charge is 0.133 e. The van der Waals surface area contributed by atoms with Crippen molar-refractivity contribution in [1.82, 2.24) is 0 Å². The van der Waals surface area contributed by atoms with E-state index in [1.54, 1.807) is 0 Å². The highest BCUT2D eigenvalue weighted by atomic mass is 16.1. The number of carbonyl (C=O) groups excluding carboxylic acids is 1. The third-order valence-corrected chi connectivity index (χ3v) is 2.89. The van der Waals surface area contributed by atoms with Crippen LogP contribution in [0.2, 0.25) is 0 Å². The van der Waals surface area contributed by atoms with Gasteiger partial charge in [-0.25, -0.2) is 0 Å². The first kappa shape index (κ1) is 13.7. The highest BCUT2D eigenvalue weighted by molar-refractivity contribution is 5.78. The van der Waals surface area contributed by atoms with Crippen molar-refractivity contribution in [2.75, 3.05) is 0 Å². The molecule has 0 spiro atoms. The van der Waals surface area contributed by atoms with E-state index >= 15 is 0 Å². The minimum atomic E-state index is 0.441. The molecule has 0 heterocycles. The normalized spacial score (nSPS) is 13.6. The van der Waals surface area contributed by atoms with Gasteiger partial charge in [0.2, 0.25) is 0 Å². The summed E-state index contributed by atoms with van der Waals surface area (Å²) in [7, 11) is 0. The zero-order chi connectivity index (χ0) is 11.1. The fourth-order valence-electron chi connectivity index (χ4n) is 1.51. The lowest BCUT2D eigenvalue weighted by molar-refractivity contribution is -0.119. The van der Waals surface area contributed by atoms with Gasteiger partial charge in [0, 0.05) is 12.8 Å². The molecule has 0 unspecified atom stereocenters. The summed E-state index contributed by atoms with van der Waals surface area (Å²) in [5.74, 6) is 2.46. The van der Waals surface area contributed by atoms with E-state index in [-0.39, 0.29) is 0 Å². The van der Waals surface area contributed by atoms with Crippen molar-refractivity contribution in [3.63, 3.8) is 0 Å².